The smallest absolute Gasteiger partial charge is 0.239 e. The molecule has 0 aromatic heterocycles. The van der Waals surface area contributed by atoms with Crippen LogP contribution in [0.5, 0.6) is 11.5 Å². The summed E-state index contributed by atoms with van der Waals surface area (Å²) in [6.07, 6.45) is 10.0. The molecule has 2 amide bonds. The van der Waals surface area contributed by atoms with Crippen LogP contribution in [0.15, 0.2) is 30.4 Å². The molecule has 8 nitrogen and oxygen atoms in total. The monoisotopic (exact) mass is 462 g/mol. The van der Waals surface area contributed by atoms with Gasteiger partial charge in [-0.15, -0.1) is 0 Å². The van der Waals surface area contributed by atoms with Crippen LogP contribution in [0.3, 0.4) is 0 Å². The molecule has 0 aliphatic heterocycles. The van der Waals surface area contributed by atoms with Crippen molar-refractivity contribution in [2.24, 2.45) is 17.4 Å². The Morgan fingerprint density at radius 2 is 1.88 bits per heavy atom. The van der Waals surface area contributed by atoms with Gasteiger partial charge in [0.15, 0.2) is 18.2 Å². The first kappa shape index (κ1) is 28.5. The molecule has 0 aliphatic carbocycles. The molecule has 33 heavy (non-hydrogen) atoms. The first-order valence-corrected chi connectivity index (χ1v) is 11.8. The van der Waals surface area contributed by atoms with Crippen LogP contribution in [0.4, 0.5) is 0 Å². The summed E-state index contributed by atoms with van der Waals surface area (Å²) in [5.74, 6) is 1.36. The maximum atomic E-state index is 12.1. The van der Waals surface area contributed by atoms with Gasteiger partial charge in [0.1, 0.15) is 0 Å². The molecule has 1 atom stereocenters. The number of methoxy groups -OCH3 is 1. The molecule has 1 unspecified atom stereocenters. The fraction of sp³-hybridized carbons (Fsp3) is 0.600. The number of allylic oxidation sites excluding steroid dienone is 2. The van der Waals surface area contributed by atoms with E-state index in [1.54, 1.807) is 13.2 Å². The number of nitrogens with two attached hydrogens (primary N) is 2. The minimum Gasteiger partial charge on any atom is -0.493 e. The van der Waals surface area contributed by atoms with Gasteiger partial charge in [0.05, 0.1) is 13.2 Å². The van der Waals surface area contributed by atoms with Crippen molar-refractivity contribution < 1.29 is 19.1 Å². The van der Waals surface area contributed by atoms with E-state index in [2.05, 4.69) is 36.6 Å². The molecule has 0 heterocycles. The van der Waals surface area contributed by atoms with Crippen LogP contribution in [-0.4, -0.2) is 38.2 Å². The van der Waals surface area contributed by atoms with Crippen LogP contribution < -0.4 is 31.6 Å². The Hall–Kier alpha value is -2.58. The summed E-state index contributed by atoms with van der Waals surface area (Å²) in [4.78, 5) is 24.1. The lowest BCUT2D eigenvalue weighted by atomic mass is 10.1. The summed E-state index contributed by atoms with van der Waals surface area (Å²) < 4.78 is 11.0. The standard InChI is InChI=1S/C25H42N4O4/c1-19(2)10-6-4-5-7-12-24(30)28-17-20-13-14-22(23(16-20)32-3)33-18-29-25(31)21(27)11-8-9-15-26/h6,10,13-14,16,19,21H,4-5,7-9,11-12,15,17-18,26-27H2,1-3H3,(H,28,30)(H,29,31)/b10-6+. The Balaban J connectivity index is 2.38. The molecule has 186 valence electrons. The van der Waals surface area contributed by atoms with Crippen LogP contribution >= 0.6 is 0 Å². The van der Waals surface area contributed by atoms with Gasteiger partial charge in [-0.1, -0.05) is 38.5 Å². The van der Waals surface area contributed by atoms with E-state index >= 15 is 0 Å². The van der Waals surface area contributed by atoms with Gasteiger partial charge in [0.25, 0.3) is 0 Å². The van der Waals surface area contributed by atoms with E-state index in [4.69, 9.17) is 20.9 Å². The fourth-order valence-electron chi connectivity index (χ4n) is 3.10. The van der Waals surface area contributed by atoms with E-state index in [0.717, 1.165) is 37.7 Å². The highest BCUT2D eigenvalue weighted by atomic mass is 16.5. The second-order valence-electron chi connectivity index (χ2n) is 8.40. The molecule has 0 bridgehead atoms. The minimum absolute atomic E-state index is 0.0117. The van der Waals surface area contributed by atoms with Gasteiger partial charge in [-0.3, -0.25) is 9.59 Å². The molecule has 0 fully saturated rings. The average Bonchev–Trinajstić information content (AvgIpc) is 2.80. The van der Waals surface area contributed by atoms with Crippen molar-refractivity contribution in [1.82, 2.24) is 10.6 Å². The Labute approximate surface area is 198 Å². The highest BCUT2D eigenvalue weighted by molar-refractivity contribution is 5.81. The highest BCUT2D eigenvalue weighted by Gasteiger charge is 2.13. The molecule has 1 aromatic carbocycles. The van der Waals surface area contributed by atoms with Gasteiger partial charge in [0, 0.05) is 13.0 Å². The number of hydrogen-bond acceptors (Lipinski definition) is 6. The maximum Gasteiger partial charge on any atom is 0.239 e. The van der Waals surface area contributed by atoms with Crippen LogP contribution in [-0.2, 0) is 16.1 Å². The van der Waals surface area contributed by atoms with Gasteiger partial charge in [-0.05, 0) is 62.3 Å². The van der Waals surface area contributed by atoms with E-state index in [0.29, 0.717) is 43.3 Å². The summed E-state index contributed by atoms with van der Waals surface area (Å²) in [7, 11) is 1.55. The van der Waals surface area contributed by atoms with Crippen LogP contribution in [0, 0.1) is 5.92 Å². The first-order chi connectivity index (χ1) is 15.9. The predicted octanol–water partition coefficient (Wildman–Crippen LogP) is 2.99. The number of carbonyl (C=O) groups is 2. The molecule has 8 heteroatoms. The van der Waals surface area contributed by atoms with Crippen molar-refractivity contribution in [2.45, 2.75) is 71.4 Å². The molecule has 0 saturated heterocycles. The van der Waals surface area contributed by atoms with Gasteiger partial charge in [0.2, 0.25) is 11.8 Å². The molecule has 1 rings (SSSR count). The summed E-state index contributed by atoms with van der Waals surface area (Å²) in [5.41, 5.74) is 12.2. The lowest BCUT2D eigenvalue weighted by Crippen LogP contribution is -2.42. The summed E-state index contributed by atoms with van der Waals surface area (Å²) in [6.45, 7) is 5.30. The van der Waals surface area contributed by atoms with Gasteiger partial charge in [-0.25, -0.2) is 0 Å². The predicted molar refractivity (Wildman–Crippen MR) is 132 cm³/mol. The number of carbonyl (C=O) groups excluding carboxylic acids is 2. The Kier molecular flexibility index (Phi) is 14.6. The van der Waals surface area contributed by atoms with Crippen molar-refractivity contribution in [3.05, 3.63) is 35.9 Å². The second-order valence-corrected chi connectivity index (χ2v) is 8.40. The number of benzene rings is 1. The maximum absolute atomic E-state index is 12.1. The molecule has 0 aliphatic rings. The zero-order valence-corrected chi connectivity index (χ0v) is 20.4. The largest absolute Gasteiger partial charge is 0.493 e. The number of nitrogens with one attached hydrogen (secondary N) is 2. The zero-order chi connectivity index (χ0) is 24.5. The SMILES string of the molecule is COc1cc(CNC(=O)CCCC/C=C/C(C)C)ccc1OCNC(=O)C(N)CCCCN. The molecule has 0 radical (unpaired) electrons. The third kappa shape index (κ3) is 12.9. The molecule has 6 N–H and O–H groups in total. The average molecular weight is 463 g/mol. The third-order valence-corrected chi connectivity index (χ3v) is 5.04. The number of amides is 2. The van der Waals surface area contributed by atoms with E-state index in [9.17, 15) is 9.59 Å². The molecule has 1 aromatic rings. The molecule has 0 spiro atoms. The van der Waals surface area contributed by atoms with Gasteiger partial charge >= 0.3 is 0 Å². The van der Waals surface area contributed by atoms with Gasteiger partial charge in [-0.2, -0.15) is 0 Å². The van der Waals surface area contributed by atoms with E-state index < -0.39 is 6.04 Å². The van der Waals surface area contributed by atoms with Gasteiger partial charge < -0.3 is 31.6 Å². The van der Waals surface area contributed by atoms with Crippen molar-refractivity contribution in [3.63, 3.8) is 0 Å². The fourth-order valence-corrected chi connectivity index (χ4v) is 3.10. The zero-order valence-electron chi connectivity index (χ0n) is 20.4. The molecule has 0 saturated carbocycles. The normalized spacial score (nSPS) is 12.1. The van der Waals surface area contributed by atoms with Crippen molar-refractivity contribution in [1.29, 1.82) is 0 Å². The van der Waals surface area contributed by atoms with Crippen LogP contribution in [0.1, 0.15) is 64.4 Å². The minimum atomic E-state index is -0.579. The lowest BCUT2D eigenvalue weighted by molar-refractivity contribution is -0.123. The first-order valence-electron chi connectivity index (χ1n) is 11.8. The van der Waals surface area contributed by atoms with Crippen LogP contribution in [0.2, 0.25) is 0 Å². The lowest BCUT2D eigenvalue weighted by Gasteiger charge is -2.15. The van der Waals surface area contributed by atoms with Crippen molar-refractivity contribution in [3.8, 4) is 11.5 Å². The summed E-state index contributed by atoms with van der Waals surface area (Å²) >= 11 is 0. The molecular formula is C25H42N4O4. The topological polar surface area (TPSA) is 129 Å². The molecular weight excluding hydrogens is 420 g/mol. The highest BCUT2D eigenvalue weighted by Crippen LogP contribution is 2.27. The Morgan fingerprint density at radius 1 is 1.09 bits per heavy atom. The van der Waals surface area contributed by atoms with E-state index in [1.807, 2.05) is 12.1 Å². The van der Waals surface area contributed by atoms with Crippen molar-refractivity contribution >= 4 is 11.8 Å². The summed E-state index contributed by atoms with van der Waals surface area (Å²) in [6, 6.07) is 4.85. The number of ether oxygens (including phenoxy) is 2. The number of rotatable bonds is 17. The van der Waals surface area contributed by atoms with E-state index in [1.165, 1.54) is 0 Å². The van der Waals surface area contributed by atoms with Crippen LogP contribution in [0.25, 0.3) is 0 Å². The third-order valence-electron chi connectivity index (χ3n) is 5.04. The quantitative estimate of drug-likeness (QED) is 0.160. The van der Waals surface area contributed by atoms with Crippen molar-refractivity contribution in [2.75, 3.05) is 20.4 Å². The summed E-state index contributed by atoms with van der Waals surface area (Å²) in [5, 5.41) is 5.61. The Bertz CT molecular complexity index is 737. The Morgan fingerprint density at radius 3 is 2.58 bits per heavy atom. The number of unbranched alkanes of at least 4 members (excludes halogenated alkanes) is 3. The second kappa shape index (κ2) is 17.0. The number of hydrogen-bond donors (Lipinski definition) is 4. The van der Waals surface area contributed by atoms with E-state index in [-0.39, 0.29) is 18.5 Å².